The molecule has 0 aliphatic heterocycles. The van der Waals surface area contributed by atoms with E-state index in [0.717, 1.165) is 11.6 Å². The summed E-state index contributed by atoms with van der Waals surface area (Å²) < 4.78 is 14.2. The molecule has 2 atom stereocenters. The lowest BCUT2D eigenvalue weighted by atomic mass is 9.99. The molecule has 0 saturated heterocycles. The van der Waals surface area contributed by atoms with Crippen molar-refractivity contribution >= 4 is 11.7 Å². The van der Waals surface area contributed by atoms with Gasteiger partial charge in [-0.3, -0.25) is 9.59 Å². The number of amides is 1. The van der Waals surface area contributed by atoms with Crippen molar-refractivity contribution in [3.8, 4) is 0 Å². The molecule has 2 aromatic rings. The van der Waals surface area contributed by atoms with Crippen molar-refractivity contribution in [3.63, 3.8) is 0 Å². The van der Waals surface area contributed by atoms with Gasteiger partial charge in [0.1, 0.15) is 5.82 Å². The monoisotopic (exact) mass is 342 g/mol. The summed E-state index contributed by atoms with van der Waals surface area (Å²) in [4.78, 5) is 25.8. The van der Waals surface area contributed by atoms with Crippen molar-refractivity contribution in [2.45, 2.75) is 25.9 Å². The van der Waals surface area contributed by atoms with Gasteiger partial charge in [0, 0.05) is 11.6 Å². The third kappa shape index (κ3) is 4.51. The number of hydrogen-bond donors (Lipinski definition) is 1. The van der Waals surface area contributed by atoms with E-state index in [1.807, 2.05) is 56.3 Å². The Bertz CT molecular complexity index is 760. The molecule has 5 heteroatoms. The molecule has 4 nitrogen and oxygen atoms in total. The third-order valence-electron chi connectivity index (χ3n) is 4.15. The standard InChI is InChI=1S/C20H23FN2O2/c1-13(19(23(3)4)15-8-6-5-7-9-15)22-20(25)17-11-10-16(14(2)24)12-18(17)21/h5-13,19H,1-4H3,(H,22,25). The molecule has 0 heterocycles. The Balaban J connectivity index is 2.20. The number of Topliss-reactive ketones (excluding diaryl/α,β-unsaturated/α-hetero) is 1. The molecule has 0 radical (unpaired) electrons. The number of carbonyl (C=O) groups excluding carboxylic acids is 2. The van der Waals surface area contributed by atoms with Crippen LogP contribution >= 0.6 is 0 Å². The summed E-state index contributed by atoms with van der Waals surface area (Å²) in [5.41, 5.74) is 1.24. The molecule has 0 aliphatic carbocycles. The van der Waals surface area contributed by atoms with Crippen LogP contribution in [0.3, 0.4) is 0 Å². The lowest BCUT2D eigenvalue weighted by molar-refractivity contribution is 0.0909. The van der Waals surface area contributed by atoms with Gasteiger partial charge in [0.2, 0.25) is 0 Å². The summed E-state index contributed by atoms with van der Waals surface area (Å²) >= 11 is 0. The second-order valence-electron chi connectivity index (χ2n) is 6.33. The highest BCUT2D eigenvalue weighted by atomic mass is 19.1. The van der Waals surface area contributed by atoms with E-state index >= 15 is 0 Å². The van der Waals surface area contributed by atoms with E-state index in [4.69, 9.17) is 0 Å². The fraction of sp³-hybridized carbons (Fsp3) is 0.300. The number of halogens is 1. The van der Waals surface area contributed by atoms with Crippen LogP contribution in [0.5, 0.6) is 0 Å². The Morgan fingerprint density at radius 2 is 1.72 bits per heavy atom. The Labute approximate surface area is 147 Å². The van der Waals surface area contributed by atoms with Crippen molar-refractivity contribution in [2.24, 2.45) is 0 Å². The minimum absolute atomic E-state index is 0.0512. The van der Waals surface area contributed by atoms with E-state index in [1.165, 1.54) is 19.1 Å². The zero-order chi connectivity index (χ0) is 18.6. The number of rotatable bonds is 6. The van der Waals surface area contributed by atoms with E-state index in [0.29, 0.717) is 0 Å². The Morgan fingerprint density at radius 3 is 2.24 bits per heavy atom. The van der Waals surface area contributed by atoms with Gasteiger partial charge in [0.25, 0.3) is 5.91 Å². The maximum atomic E-state index is 14.2. The average Bonchev–Trinajstić information content (AvgIpc) is 2.55. The molecule has 2 rings (SSSR count). The third-order valence-corrected chi connectivity index (χ3v) is 4.15. The molecule has 0 aliphatic rings. The SMILES string of the molecule is CC(=O)c1ccc(C(=O)NC(C)C(c2ccccc2)N(C)C)c(F)c1. The number of benzene rings is 2. The molecule has 0 fully saturated rings. The van der Waals surface area contributed by atoms with Gasteiger partial charge in [-0.05, 0) is 45.6 Å². The van der Waals surface area contributed by atoms with Gasteiger partial charge in [0.15, 0.2) is 5.78 Å². The van der Waals surface area contributed by atoms with Crippen molar-refractivity contribution in [2.75, 3.05) is 14.1 Å². The molecule has 0 bridgehead atoms. The first kappa shape index (κ1) is 18.8. The second kappa shape index (κ2) is 8.03. The van der Waals surface area contributed by atoms with E-state index in [1.54, 1.807) is 0 Å². The molecule has 132 valence electrons. The van der Waals surface area contributed by atoms with Gasteiger partial charge in [-0.2, -0.15) is 0 Å². The maximum absolute atomic E-state index is 14.2. The fourth-order valence-electron chi connectivity index (χ4n) is 2.97. The molecule has 25 heavy (non-hydrogen) atoms. The number of hydrogen-bond acceptors (Lipinski definition) is 3. The molecular weight excluding hydrogens is 319 g/mol. The predicted octanol–water partition coefficient (Wildman–Crippen LogP) is 3.45. The van der Waals surface area contributed by atoms with Crippen LogP contribution in [0, 0.1) is 5.82 Å². The average molecular weight is 342 g/mol. The van der Waals surface area contributed by atoms with E-state index in [-0.39, 0.29) is 29.0 Å². The minimum Gasteiger partial charge on any atom is -0.348 e. The fourth-order valence-corrected chi connectivity index (χ4v) is 2.97. The van der Waals surface area contributed by atoms with Gasteiger partial charge >= 0.3 is 0 Å². The van der Waals surface area contributed by atoms with Crippen LogP contribution in [-0.4, -0.2) is 36.7 Å². The molecular formula is C20H23FN2O2. The topological polar surface area (TPSA) is 49.4 Å². The van der Waals surface area contributed by atoms with Crippen molar-refractivity contribution < 1.29 is 14.0 Å². The highest BCUT2D eigenvalue weighted by Gasteiger charge is 2.24. The second-order valence-corrected chi connectivity index (χ2v) is 6.33. The zero-order valence-corrected chi connectivity index (χ0v) is 14.9. The minimum atomic E-state index is -0.696. The molecule has 2 aromatic carbocycles. The molecule has 2 unspecified atom stereocenters. The maximum Gasteiger partial charge on any atom is 0.254 e. The summed E-state index contributed by atoms with van der Waals surface area (Å²) in [6, 6.07) is 13.4. The first-order valence-corrected chi connectivity index (χ1v) is 8.14. The van der Waals surface area contributed by atoms with Gasteiger partial charge in [-0.25, -0.2) is 4.39 Å². The summed E-state index contributed by atoms with van der Waals surface area (Å²) in [5, 5.41) is 2.86. The largest absolute Gasteiger partial charge is 0.348 e. The van der Waals surface area contributed by atoms with Crippen LogP contribution in [0.2, 0.25) is 0 Å². The first-order chi connectivity index (χ1) is 11.8. The zero-order valence-electron chi connectivity index (χ0n) is 14.9. The number of likely N-dealkylation sites (N-methyl/N-ethyl adjacent to an activating group) is 1. The van der Waals surface area contributed by atoms with Crippen LogP contribution in [0.1, 0.15) is 46.2 Å². The van der Waals surface area contributed by atoms with Gasteiger partial charge < -0.3 is 10.2 Å². The molecule has 1 amide bonds. The van der Waals surface area contributed by atoms with E-state index < -0.39 is 11.7 Å². The predicted molar refractivity (Wildman–Crippen MR) is 96.2 cm³/mol. The van der Waals surface area contributed by atoms with Crippen molar-refractivity contribution in [3.05, 3.63) is 71.0 Å². The number of carbonyl (C=O) groups is 2. The number of nitrogens with one attached hydrogen (secondary N) is 1. The summed E-state index contributed by atoms with van der Waals surface area (Å²) in [7, 11) is 3.87. The molecule has 1 N–H and O–H groups in total. The van der Waals surface area contributed by atoms with Crippen molar-refractivity contribution in [1.29, 1.82) is 0 Å². The quantitative estimate of drug-likeness (QED) is 0.818. The Hall–Kier alpha value is -2.53. The summed E-state index contributed by atoms with van der Waals surface area (Å²) in [5.74, 6) is -1.43. The Morgan fingerprint density at radius 1 is 1.08 bits per heavy atom. The van der Waals surface area contributed by atoms with Gasteiger partial charge in [-0.1, -0.05) is 36.4 Å². The van der Waals surface area contributed by atoms with Crippen LogP contribution in [-0.2, 0) is 0 Å². The number of nitrogens with zero attached hydrogens (tertiary/aromatic N) is 1. The lowest BCUT2D eigenvalue weighted by Gasteiger charge is -2.31. The molecule has 0 spiro atoms. The van der Waals surface area contributed by atoms with E-state index in [2.05, 4.69) is 5.32 Å². The molecule has 0 aromatic heterocycles. The summed E-state index contributed by atoms with van der Waals surface area (Å²) in [6.07, 6.45) is 0. The van der Waals surface area contributed by atoms with Gasteiger partial charge in [0.05, 0.1) is 11.6 Å². The first-order valence-electron chi connectivity index (χ1n) is 8.14. The van der Waals surface area contributed by atoms with Crippen LogP contribution < -0.4 is 5.32 Å². The normalized spacial score (nSPS) is 13.4. The van der Waals surface area contributed by atoms with E-state index in [9.17, 15) is 14.0 Å². The highest BCUT2D eigenvalue weighted by molar-refractivity contribution is 5.98. The molecule has 0 saturated carbocycles. The smallest absolute Gasteiger partial charge is 0.254 e. The highest BCUT2D eigenvalue weighted by Crippen LogP contribution is 2.22. The van der Waals surface area contributed by atoms with Crippen LogP contribution in [0.4, 0.5) is 4.39 Å². The van der Waals surface area contributed by atoms with Crippen molar-refractivity contribution in [1.82, 2.24) is 10.2 Å². The van der Waals surface area contributed by atoms with Crippen LogP contribution in [0.25, 0.3) is 0 Å². The lowest BCUT2D eigenvalue weighted by Crippen LogP contribution is -2.42. The Kier molecular flexibility index (Phi) is 6.04. The van der Waals surface area contributed by atoms with Crippen LogP contribution in [0.15, 0.2) is 48.5 Å². The summed E-state index contributed by atoms with van der Waals surface area (Å²) in [6.45, 7) is 3.25. The van der Waals surface area contributed by atoms with Gasteiger partial charge in [-0.15, -0.1) is 0 Å². The number of ketones is 1.